The van der Waals surface area contributed by atoms with Crippen molar-refractivity contribution in [1.82, 2.24) is 14.1 Å². The van der Waals surface area contributed by atoms with Crippen molar-refractivity contribution in [3.8, 4) is 0 Å². The van der Waals surface area contributed by atoms with Crippen LogP contribution in [0.4, 0.5) is 0 Å². The van der Waals surface area contributed by atoms with Gasteiger partial charge in [0.2, 0.25) is 0 Å². The third kappa shape index (κ3) is 5.39. The van der Waals surface area contributed by atoms with E-state index in [2.05, 4.69) is 22.1 Å². The van der Waals surface area contributed by atoms with E-state index < -0.39 is 16.0 Å². The molecule has 1 atom stereocenters. The van der Waals surface area contributed by atoms with E-state index in [-0.39, 0.29) is 4.90 Å². The third-order valence-corrected chi connectivity index (χ3v) is 8.38. The number of carbonyl (C=O) groups is 1. The van der Waals surface area contributed by atoms with Crippen molar-refractivity contribution in [3.05, 3.63) is 88.2 Å². The largest absolute Gasteiger partial charge is 0.478 e. The van der Waals surface area contributed by atoms with Crippen molar-refractivity contribution in [2.45, 2.75) is 51.0 Å². The van der Waals surface area contributed by atoms with Gasteiger partial charge in [-0.2, -0.15) is 17.6 Å². The first-order valence-electron chi connectivity index (χ1n) is 11.8. The molecule has 7 nitrogen and oxygen atoms in total. The number of nitrogens with zero attached hydrogens (tertiary/aromatic N) is 3. The Labute approximate surface area is 206 Å². The zero-order chi connectivity index (χ0) is 25.2. The number of rotatable bonds is 8. The van der Waals surface area contributed by atoms with Gasteiger partial charge in [0, 0.05) is 18.7 Å². The Morgan fingerprint density at radius 1 is 1.09 bits per heavy atom. The van der Waals surface area contributed by atoms with Crippen molar-refractivity contribution >= 4 is 22.1 Å². The monoisotopic (exact) mass is 493 g/mol. The molecule has 0 aliphatic carbocycles. The van der Waals surface area contributed by atoms with E-state index in [1.165, 1.54) is 9.65 Å². The van der Waals surface area contributed by atoms with Crippen LogP contribution in [0.1, 0.15) is 52.5 Å². The molecule has 1 aromatic heterocycles. The molecule has 1 saturated heterocycles. The molecule has 1 aliphatic heterocycles. The van der Waals surface area contributed by atoms with Crippen molar-refractivity contribution in [1.29, 1.82) is 0 Å². The zero-order valence-electron chi connectivity index (χ0n) is 20.3. The quantitative estimate of drug-likeness (QED) is 0.464. The van der Waals surface area contributed by atoms with E-state index in [9.17, 15) is 13.2 Å². The summed E-state index contributed by atoms with van der Waals surface area (Å²) in [6.07, 6.45) is 5.61. The van der Waals surface area contributed by atoms with Gasteiger partial charge < -0.3 is 5.11 Å². The summed E-state index contributed by atoms with van der Waals surface area (Å²) in [6.45, 7) is 7.41. The SMILES string of the molecule is Cc1ccc(S(=O)(=O)n2nc(C)c(CCN3CCC[C@H]3c3ccc(/C=C/C(=O)O)cc3)c2C)cc1. The number of aromatic nitrogens is 2. The van der Waals surface area contributed by atoms with Crippen LogP contribution >= 0.6 is 0 Å². The maximum absolute atomic E-state index is 13.2. The zero-order valence-corrected chi connectivity index (χ0v) is 21.1. The fourth-order valence-electron chi connectivity index (χ4n) is 4.78. The van der Waals surface area contributed by atoms with Crippen LogP contribution in [-0.2, 0) is 21.2 Å². The fourth-order valence-corrected chi connectivity index (χ4v) is 6.16. The Kier molecular flexibility index (Phi) is 7.23. The Balaban J connectivity index is 1.49. The average molecular weight is 494 g/mol. The first kappa shape index (κ1) is 24.9. The Hall–Kier alpha value is -3.23. The van der Waals surface area contributed by atoms with Gasteiger partial charge >= 0.3 is 5.97 Å². The first-order valence-corrected chi connectivity index (χ1v) is 13.2. The molecule has 184 valence electrons. The summed E-state index contributed by atoms with van der Waals surface area (Å²) in [7, 11) is -3.74. The number of hydrogen-bond donors (Lipinski definition) is 1. The highest BCUT2D eigenvalue weighted by Crippen LogP contribution is 2.32. The molecule has 0 radical (unpaired) electrons. The molecular formula is C27H31N3O4S. The van der Waals surface area contributed by atoms with Gasteiger partial charge in [0.25, 0.3) is 10.0 Å². The average Bonchev–Trinajstić information content (AvgIpc) is 3.41. The van der Waals surface area contributed by atoms with Gasteiger partial charge in [0.05, 0.1) is 16.3 Å². The number of hydrogen-bond acceptors (Lipinski definition) is 5. The summed E-state index contributed by atoms with van der Waals surface area (Å²) in [4.78, 5) is 13.4. The van der Waals surface area contributed by atoms with Crippen molar-refractivity contribution in [3.63, 3.8) is 0 Å². The van der Waals surface area contributed by atoms with Crippen LogP contribution in [0.5, 0.6) is 0 Å². The number of aliphatic carboxylic acids is 1. The van der Waals surface area contributed by atoms with Gasteiger partial charge in [-0.1, -0.05) is 42.0 Å². The Morgan fingerprint density at radius 2 is 1.77 bits per heavy atom. The highest BCUT2D eigenvalue weighted by molar-refractivity contribution is 7.89. The second kappa shape index (κ2) is 10.2. The number of aryl methyl sites for hydroxylation is 2. The van der Waals surface area contributed by atoms with Gasteiger partial charge in [-0.3, -0.25) is 4.90 Å². The number of benzene rings is 2. The molecule has 1 N–H and O–H groups in total. The second-order valence-corrected chi connectivity index (χ2v) is 10.9. The smallest absolute Gasteiger partial charge is 0.328 e. The molecule has 0 saturated carbocycles. The predicted octanol–water partition coefficient (Wildman–Crippen LogP) is 4.52. The molecule has 4 rings (SSSR count). The van der Waals surface area contributed by atoms with Crippen LogP contribution in [0.3, 0.4) is 0 Å². The lowest BCUT2D eigenvalue weighted by atomic mass is 10.0. The summed E-state index contributed by atoms with van der Waals surface area (Å²) in [5.74, 6) is -0.961. The van der Waals surface area contributed by atoms with Crippen LogP contribution in [0.25, 0.3) is 6.08 Å². The van der Waals surface area contributed by atoms with E-state index in [1.807, 2.05) is 32.9 Å². The highest BCUT2D eigenvalue weighted by Gasteiger charge is 2.28. The summed E-state index contributed by atoms with van der Waals surface area (Å²) < 4.78 is 27.6. The highest BCUT2D eigenvalue weighted by atomic mass is 32.2. The summed E-state index contributed by atoms with van der Waals surface area (Å²) in [5.41, 5.74) is 5.44. The first-order chi connectivity index (χ1) is 16.7. The molecule has 8 heteroatoms. The second-order valence-electron chi connectivity index (χ2n) is 9.09. The van der Waals surface area contributed by atoms with E-state index in [4.69, 9.17) is 5.11 Å². The maximum Gasteiger partial charge on any atom is 0.328 e. The van der Waals surface area contributed by atoms with E-state index in [0.717, 1.165) is 60.8 Å². The van der Waals surface area contributed by atoms with E-state index in [1.54, 1.807) is 30.3 Å². The molecular weight excluding hydrogens is 462 g/mol. The third-order valence-electron chi connectivity index (χ3n) is 6.70. The van der Waals surface area contributed by atoms with Crippen molar-refractivity contribution in [2.24, 2.45) is 0 Å². The van der Waals surface area contributed by atoms with Crippen LogP contribution in [0.15, 0.2) is 59.5 Å². The summed E-state index contributed by atoms with van der Waals surface area (Å²) in [5, 5.41) is 13.2. The Morgan fingerprint density at radius 3 is 2.43 bits per heavy atom. The predicted molar refractivity (Wildman–Crippen MR) is 136 cm³/mol. The summed E-state index contributed by atoms with van der Waals surface area (Å²) >= 11 is 0. The molecule has 1 fully saturated rings. The molecule has 0 unspecified atom stereocenters. The van der Waals surface area contributed by atoms with Crippen molar-refractivity contribution in [2.75, 3.05) is 13.1 Å². The Bertz CT molecular complexity index is 1340. The van der Waals surface area contributed by atoms with E-state index in [0.29, 0.717) is 11.7 Å². The molecule has 3 aromatic rings. The fraction of sp³-hybridized carbons (Fsp3) is 0.333. The number of carboxylic acids is 1. The molecule has 0 bridgehead atoms. The molecule has 2 aromatic carbocycles. The topological polar surface area (TPSA) is 92.5 Å². The summed E-state index contributed by atoms with van der Waals surface area (Å²) in [6, 6.07) is 15.1. The minimum atomic E-state index is -3.74. The van der Waals surface area contributed by atoms with Crippen molar-refractivity contribution < 1.29 is 18.3 Å². The molecule has 2 heterocycles. The lowest BCUT2D eigenvalue weighted by molar-refractivity contribution is -0.131. The van der Waals surface area contributed by atoms with E-state index >= 15 is 0 Å². The standard InChI is InChI=1S/C27H31N3O4S/c1-19-6-13-24(14-7-19)35(33,34)30-21(3)25(20(2)28-30)16-18-29-17-4-5-26(29)23-11-8-22(9-12-23)10-15-27(31)32/h6-15,26H,4-5,16-18H2,1-3H3,(H,31,32)/b15-10+/t26-/m0/s1. The molecule has 35 heavy (non-hydrogen) atoms. The minimum Gasteiger partial charge on any atom is -0.478 e. The lowest BCUT2D eigenvalue weighted by Gasteiger charge is -2.25. The van der Waals surface area contributed by atoms with Gasteiger partial charge in [0.1, 0.15) is 0 Å². The van der Waals surface area contributed by atoms with Gasteiger partial charge in [-0.15, -0.1) is 0 Å². The number of carboxylic acid groups (broad SMARTS) is 1. The van der Waals surface area contributed by atoms with Gasteiger partial charge in [-0.05, 0) is 81.5 Å². The number of likely N-dealkylation sites (tertiary alicyclic amines) is 1. The molecule has 0 spiro atoms. The maximum atomic E-state index is 13.2. The normalized spacial score (nSPS) is 16.8. The minimum absolute atomic E-state index is 0.238. The molecule has 0 amide bonds. The van der Waals surface area contributed by atoms with Crippen LogP contribution < -0.4 is 0 Å². The van der Waals surface area contributed by atoms with Gasteiger partial charge in [-0.25, -0.2) is 4.79 Å². The van der Waals surface area contributed by atoms with Crippen LogP contribution in [0.2, 0.25) is 0 Å². The van der Waals surface area contributed by atoms with Gasteiger partial charge in [0.15, 0.2) is 0 Å². The van der Waals surface area contributed by atoms with Crippen LogP contribution in [-0.4, -0.2) is 46.7 Å². The molecule has 1 aliphatic rings. The lowest BCUT2D eigenvalue weighted by Crippen LogP contribution is -2.26. The van der Waals surface area contributed by atoms with Crippen LogP contribution in [0, 0.1) is 20.8 Å².